The molecule has 0 aliphatic heterocycles. The molecule has 0 aromatic carbocycles. The summed E-state index contributed by atoms with van der Waals surface area (Å²) in [5, 5.41) is 0. The molecule has 0 aliphatic rings. The summed E-state index contributed by atoms with van der Waals surface area (Å²) in [6, 6.07) is 0. The zero-order valence-electron chi connectivity index (χ0n) is 5.04. The molecule has 4 nitrogen and oxygen atoms in total. The average molecular weight is 223 g/mol. The topological polar surface area (TPSA) is 79.6 Å². The van der Waals surface area contributed by atoms with Crippen LogP contribution in [0.2, 0.25) is 0 Å². The van der Waals surface area contributed by atoms with Gasteiger partial charge in [0.1, 0.15) is 0 Å². The summed E-state index contributed by atoms with van der Waals surface area (Å²) < 4.78 is 30.0. The Labute approximate surface area is 74.1 Å². The quantitative estimate of drug-likeness (QED) is 0.321. The monoisotopic (exact) mass is 225 g/mol. The van der Waals surface area contributed by atoms with Crippen LogP contribution in [0.4, 0.5) is 0 Å². The Kier molecular flexibility index (Phi) is 22200. The van der Waals surface area contributed by atoms with Gasteiger partial charge in [-0.3, -0.25) is 0 Å². The average Bonchev–Trinajstić information content (AvgIpc) is 2.03. The zero-order valence-corrected chi connectivity index (χ0v) is 7.05. The van der Waals surface area contributed by atoms with Gasteiger partial charge in [-0.2, -0.15) is 0 Å². The van der Waals surface area contributed by atoms with Gasteiger partial charge in [-0.15, -0.1) is 0 Å². The van der Waals surface area contributed by atoms with E-state index < -0.39 is 0 Å². The first-order chi connectivity index (χ1) is 4.00. The van der Waals surface area contributed by atoms with Crippen LogP contribution < -0.4 is 0 Å². The molecule has 0 rings (SSSR count). The fourth-order valence-electron chi connectivity index (χ4n) is 0. The molecule has 0 saturated heterocycles. The van der Waals surface area contributed by atoms with E-state index in [0.717, 1.165) is 0 Å². The van der Waals surface area contributed by atoms with Gasteiger partial charge in [-0.25, -0.2) is 0 Å². The first-order valence-electron chi connectivity index (χ1n) is 0.816. The maximum absolute atomic E-state index is 7.50. The minimum absolute atomic E-state index is 0. The van der Waals surface area contributed by atoms with Gasteiger partial charge in [0.05, 0.1) is 0 Å². The molecule has 10 heavy (non-hydrogen) atoms. The summed E-state index contributed by atoms with van der Waals surface area (Å²) in [5.74, 6) is 0. The Hall–Kier alpha value is -0.352. The van der Waals surface area contributed by atoms with Crippen molar-refractivity contribution in [3.63, 3.8) is 0 Å². The third kappa shape index (κ3) is 2730. The summed E-state index contributed by atoms with van der Waals surface area (Å²) in [5.41, 5.74) is 0. The molecule has 0 radical (unpaired) electrons. The molecule has 0 aromatic rings. The summed E-state index contributed by atoms with van der Waals surface area (Å²) in [6.45, 7) is 18.0. The molecular weight excluding hydrogens is 220 g/mol. The van der Waals surface area contributed by atoms with Crippen LogP contribution in [-0.4, -0.2) is 0 Å². The van der Waals surface area contributed by atoms with Crippen LogP contribution in [0.5, 0.6) is 0 Å². The van der Waals surface area contributed by atoms with Crippen molar-refractivity contribution in [1.29, 1.82) is 0 Å². The van der Waals surface area contributed by atoms with E-state index in [0.29, 0.717) is 0 Å². The van der Waals surface area contributed by atoms with Gasteiger partial charge in [0, 0.05) is 21.1 Å². The van der Waals surface area contributed by atoms with E-state index in [2.05, 4.69) is 26.6 Å². The minimum atomic E-state index is 0. The van der Waals surface area contributed by atoms with Gasteiger partial charge in [-0.05, 0) is 0 Å². The number of rotatable bonds is 0. The summed E-state index contributed by atoms with van der Waals surface area (Å²) in [4.78, 5) is 0. The van der Waals surface area contributed by atoms with Gasteiger partial charge < -0.3 is 7.43 Å². The summed E-state index contributed by atoms with van der Waals surface area (Å²) in [6.07, 6.45) is 0. The van der Waals surface area contributed by atoms with Gasteiger partial charge >= 0.3 is 45.2 Å². The van der Waals surface area contributed by atoms with Crippen LogP contribution in [-0.2, 0) is 39.7 Å². The number of hydrogen-bond donors (Lipinski definition) is 0. The fraction of sp³-hybridized carbons (Fsp3) is 0. The van der Waals surface area contributed by atoms with Crippen LogP contribution in [0.25, 0.3) is 0 Å². The molecule has 0 spiro atoms. The summed E-state index contributed by atoms with van der Waals surface area (Å²) in [7, 11) is 0. The number of hydrogen-bond acceptors (Lipinski definition) is 0. The maximum atomic E-state index is 7.50. The fourth-order valence-corrected chi connectivity index (χ4v) is 0. The molecule has 0 fully saturated rings. The summed E-state index contributed by atoms with van der Waals surface area (Å²) >= 11 is 0. The molecule has 0 bridgehead atoms. The van der Waals surface area contributed by atoms with Crippen LogP contribution in [0.3, 0.4) is 0 Å². The Morgan fingerprint density at radius 3 is 0.500 bits per heavy atom. The predicted molar refractivity (Wildman–Crippen MR) is 22.1 cm³/mol. The van der Waals surface area contributed by atoms with Gasteiger partial charge in [0.2, 0.25) is 0 Å². The smallest absolute Gasteiger partial charge is 0 e. The SMILES string of the molecule is [C-]#[O+].[C-]#[O+].[C-]#[O+].[C-]#[O+].[CH3-].[Mo]. The van der Waals surface area contributed by atoms with E-state index >= 15 is 0 Å². The molecule has 0 saturated carbocycles. The largest absolute Gasteiger partial charge is 0.358 e. The van der Waals surface area contributed by atoms with Crippen molar-refractivity contribution in [3.8, 4) is 0 Å². The first kappa shape index (κ1) is 54.2. The van der Waals surface area contributed by atoms with E-state index in [9.17, 15) is 0 Å². The molecule has 0 aromatic heterocycles. The van der Waals surface area contributed by atoms with Gasteiger partial charge in [-0.1, -0.05) is 0 Å². The van der Waals surface area contributed by atoms with E-state index in [1.807, 2.05) is 0 Å². The van der Waals surface area contributed by atoms with E-state index in [1.54, 1.807) is 0 Å². The second-order valence-electron chi connectivity index (χ2n) is 0. The van der Waals surface area contributed by atoms with Crippen molar-refractivity contribution >= 4 is 0 Å². The van der Waals surface area contributed by atoms with Crippen molar-refractivity contribution < 1.29 is 39.7 Å². The van der Waals surface area contributed by atoms with Crippen molar-refractivity contribution in [3.05, 3.63) is 34.0 Å². The minimum Gasteiger partial charge on any atom is -0.358 e. The molecule has 0 aliphatic carbocycles. The third-order valence-electron chi connectivity index (χ3n) is 0. The maximum Gasteiger partial charge on any atom is 0 e. The zero-order chi connectivity index (χ0) is 8.00. The van der Waals surface area contributed by atoms with Crippen molar-refractivity contribution in [2.45, 2.75) is 0 Å². The molecular formula is C5H3MoO4-. The first-order valence-corrected chi connectivity index (χ1v) is 0.816. The molecule has 0 heterocycles. The second-order valence-corrected chi connectivity index (χ2v) is 0. The molecule has 0 N–H and O–H groups in total. The standard InChI is InChI=1S/4CO.CH3.Mo/c4*1-2;;/h;;;;1H3;/q;;;;-1;. The normalized spacial score (nSPS) is 0.800. The molecule has 5 heteroatoms. The van der Waals surface area contributed by atoms with Crippen LogP contribution >= 0.6 is 0 Å². The van der Waals surface area contributed by atoms with Crippen molar-refractivity contribution in [2.75, 3.05) is 0 Å². The van der Waals surface area contributed by atoms with Crippen LogP contribution in [0, 0.1) is 34.0 Å². The Balaban J connectivity index is -0.00000000500. The Morgan fingerprint density at radius 2 is 0.500 bits per heavy atom. The van der Waals surface area contributed by atoms with Crippen LogP contribution in [0.15, 0.2) is 0 Å². The predicted octanol–water partition coefficient (Wildman–Crippen LogP) is 0.298. The Morgan fingerprint density at radius 1 is 0.500 bits per heavy atom. The van der Waals surface area contributed by atoms with E-state index in [-0.39, 0.29) is 28.5 Å². The van der Waals surface area contributed by atoms with E-state index in [1.165, 1.54) is 0 Å². The van der Waals surface area contributed by atoms with Crippen molar-refractivity contribution in [1.82, 2.24) is 0 Å². The molecule has 0 atom stereocenters. The molecule has 54 valence electrons. The molecule has 0 unspecified atom stereocenters. The molecule has 0 amide bonds. The third-order valence-corrected chi connectivity index (χ3v) is 0. The van der Waals surface area contributed by atoms with E-state index in [4.69, 9.17) is 18.6 Å². The Bertz CT molecular complexity index is 56.6. The van der Waals surface area contributed by atoms with Gasteiger partial charge in [0.25, 0.3) is 0 Å². The van der Waals surface area contributed by atoms with Crippen LogP contribution in [0.1, 0.15) is 0 Å². The van der Waals surface area contributed by atoms with Gasteiger partial charge in [0.15, 0.2) is 0 Å². The van der Waals surface area contributed by atoms with Crippen molar-refractivity contribution in [2.24, 2.45) is 0 Å². The second kappa shape index (κ2) is 4090.